The summed E-state index contributed by atoms with van der Waals surface area (Å²) >= 11 is 0. The van der Waals surface area contributed by atoms with E-state index in [1.54, 1.807) is 0 Å². The van der Waals surface area contributed by atoms with Crippen LogP contribution in [0.15, 0.2) is 24.3 Å². The lowest BCUT2D eigenvalue weighted by Gasteiger charge is -2.21. The van der Waals surface area contributed by atoms with Gasteiger partial charge in [0.05, 0.1) is 17.8 Å². The first-order chi connectivity index (χ1) is 11.0. The molecule has 128 valence electrons. The van der Waals surface area contributed by atoms with E-state index in [0.29, 0.717) is 0 Å². The summed E-state index contributed by atoms with van der Waals surface area (Å²) in [5.41, 5.74) is -1.01. The van der Waals surface area contributed by atoms with Crippen LogP contribution in [-0.2, 0) is 11.0 Å². The van der Waals surface area contributed by atoms with Crippen molar-refractivity contribution in [2.24, 2.45) is 0 Å². The van der Waals surface area contributed by atoms with Gasteiger partial charge in [-0.1, -0.05) is 44.2 Å². The van der Waals surface area contributed by atoms with Crippen molar-refractivity contribution in [1.82, 2.24) is 5.32 Å². The summed E-state index contributed by atoms with van der Waals surface area (Å²) in [6.07, 6.45) is 3.52. The van der Waals surface area contributed by atoms with Gasteiger partial charge in [-0.05, 0) is 25.0 Å². The van der Waals surface area contributed by atoms with Crippen LogP contribution in [0.1, 0.15) is 50.5 Å². The van der Waals surface area contributed by atoms with Gasteiger partial charge < -0.3 is 10.6 Å². The monoisotopic (exact) mass is 328 g/mol. The van der Waals surface area contributed by atoms with Crippen LogP contribution in [0.3, 0.4) is 0 Å². The summed E-state index contributed by atoms with van der Waals surface area (Å²) < 4.78 is 38.7. The molecule has 2 N–H and O–H groups in total. The first-order valence-electron chi connectivity index (χ1n) is 8.16. The van der Waals surface area contributed by atoms with E-state index in [1.807, 2.05) is 0 Å². The predicted molar refractivity (Wildman–Crippen MR) is 84.2 cm³/mol. The maximum absolute atomic E-state index is 12.9. The van der Waals surface area contributed by atoms with Crippen molar-refractivity contribution in [3.05, 3.63) is 29.8 Å². The van der Waals surface area contributed by atoms with Crippen LogP contribution in [0.2, 0.25) is 0 Å². The Balaban J connectivity index is 1.87. The number of nitrogens with one attached hydrogen (secondary N) is 2. The van der Waals surface area contributed by atoms with E-state index < -0.39 is 17.6 Å². The second kappa shape index (κ2) is 8.34. The van der Waals surface area contributed by atoms with E-state index in [4.69, 9.17) is 0 Å². The Labute approximate surface area is 134 Å². The van der Waals surface area contributed by atoms with Gasteiger partial charge in [0.2, 0.25) is 5.91 Å². The lowest BCUT2D eigenvalue weighted by atomic mass is 9.97. The highest BCUT2D eigenvalue weighted by Crippen LogP contribution is 2.34. The molecule has 1 fully saturated rings. The Morgan fingerprint density at radius 1 is 1.04 bits per heavy atom. The summed E-state index contributed by atoms with van der Waals surface area (Å²) in [7, 11) is 0. The van der Waals surface area contributed by atoms with Gasteiger partial charge in [0.15, 0.2) is 0 Å². The highest BCUT2D eigenvalue weighted by atomic mass is 19.4. The Hall–Kier alpha value is -1.56. The number of hydrogen-bond donors (Lipinski definition) is 2. The van der Waals surface area contributed by atoms with Crippen molar-refractivity contribution in [3.8, 4) is 0 Å². The number of benzene rings is 1. The normalized spacial score (nSPS) is 17.3. The van der Waals surface area contributed by atoms with E-state index in [9.17, 15) is 18.0 Å². The Bertz CT molecular complexity index is 509. The molecule has 2 rings (SSSR count). The minimum absolute atomic E-state index is 0.0385. The summed E-state index contributed by atoms with van der Waals surface area (Å²) in [6, 6.07) is 5.31. The zero-order valence-corrected chi connectivity index (χ0v) is 13.1. The fourth-order valence-corrected chi connectivity index (χ4v) is 2.93. The molecule has 0 saturated heterocycles. The van der Waals surface area contributed by atoms with Crippen LogP contribution in [0.4, 0.5) is 18.9 Å². The summed E-state index contributed by atoms with van der Waals surface area (Å²) in [4.78, 5) is 11.9. The minimum atomic E-state index is -4.48. The molecule has 0 unspecified atom stereocenters. The van der Waals surface area contributed by atoms with Gasteiger partial charge in [-0.3, -0.25) is 4.79 Å². The lowest BCUT2D eigenvalue weighted by molar-refractivity contribution is -0.137. The number of rotatable bonds is 4. The highest BCUT2D eigenvalue weighted by molar-refractivity contribution is 5.93. The van der Waals surface area contributed by atoms with E-state index in [0.717, 1.165) is 31.7 Å². The molecule has 23 heavy (non-hydrogen) atoms. The van der Waals surface area contributed by atoms with Crippen LogP contribution in [0.25, 0.3) is 0 Å². The summed E-state index contributed by atoms with van der Waals surface area (Å²) in [5, 5.41) is 5.54. The molecule has 0 bridgehead atoms. The molecule has 1 aliphatic rings. The third kappa shape index (κ3) is 5.86. The average Bonchev–Trinajstić information content (AvgIpc) is 2.45. The molecule has 1 aromatic rings. The molecule has 1 saturated carbocycles. The van der Waals surface area contributed by atoms with Crippen LogP contribution in [0, 0.1) is 0 Å². The third-order valence-corrected chi connectivity index (χ3v) is 4.16. The first kappa shape index (κ1) is 17.8. The number of alkyl halides is 3. The van der Waals surface area contributed by atoms with Crippen LogP contribution in [0.5, 0.6) is 0 Å². The SMILES string of the molecule is O=C(CNC1CCCCCCC1)Nc1ccccc1C(F)(F)F. The fourth-order valence-electron chi connectivity index (χ4n) is 2.93. The summed E-state index contributed by atoms with van der Waals surface area (Å²) in [6.45, 7) is 0.0385. The molecule has 0 heterocycles. The summed E-state index contributed by atoms with van der Waals surface area (Å²) in [5.74, 6) is -0.441. The standard InChI is InChI=1S/C17H23F3N2O/c18-17(19,20)14-10-6-7-11-15(14)22-16(23)12-21-13-8-4-2-1-3-5-9-13/h6-7,10-11,13,21H,1-5,8-9,12H2,(H,22,23). The zero-order chi connectivity index (χ0) is 16.7. The number of amides is 1. The van der Waals surface area contributed by atoms with Crippen LogP contribution >= 0.6 is 0 Å². The van der Waals surface area contributed by atoms with E-state index in [-0.39, 0.29) is 18.3 Å². The largest absolute Gasteiger partial charge is 0.418 e. The van der Waals surface area contributed by atoms with Crippen molar-refractivity contribution in [3.63, 3.8) is 0 Å². The molecule has 0 spiro atoms. The van der Waals surface area contributed by atoms with Crippen molar-refractivity contribution in [2.75, 3.05) is 11.9 Å². The quantitative estimate of drug-likeness (QED) is 0.863. The number of carbonyl (C=O) groups excluding carboxylic acids is 1. The third-order valence-electron chi connectivity index (χ3n) is 4.16. The van der Waals surface area contributed by atoms with Crippen molar-refractivity contribution in [1.29, 1.82) is 0 Å². The molecule has 1 amide bonds. The molecular weight excluding hydrogens is 305 g/mol. The zero-order valence-electron chi connectivity index (χ0n) is 13.1. The average molecular weight is 328 g/mol. The van der Waals surface area contributed by atoms with Crippen molar-refractivity contribution < 1.29 is 18.0 Å². The van der Waals surface area contributed by atoms with Gasteiger partial charge in [0.1, 0.15) is 0 Å². The van der Waals surface area contributed by atoms with Gasteiger partial charge in [-0.2, -0.15) is 13.2 Å². The number of halogens is 3. The van der Waals surface area contributed by atoms with E-state index in [1.165, 1.54) is 37.5 Å². The van der Waals surface area contributed by atoms with E-state index >= 15 is 0 Å². The maximum Gasteiger partial charge on any atom is 0.418 e. The first-order valence-corrected chi connectivity index (χ1v) is 8.16. The number of carbonyl (C=O) groups is 1. The molecule has 0 aliphatic heterocycles. The Morgan fingerprint density at radius 2 is 1.65 bits per heavy atom. The molecule has 1 aliphatic carbocycles. The molecule has 0 atom stereocenters. The Morgan fingerprint density at radius 3 is 2.30 bits per heavy atom. The minimum Gasteiger partial charge on any atom is -0.324 e. The predicted octanol–water partition coefficient (Wildman–Crippen LogP) is 4.35. The van der Waals surface area contributed by atoms with Crippen LogP contribution in [-0.4, -0.2) is 18.5 Å². The fraction of sp³-hybridized carbons (Fsp3) is 0.588. The smallest absolute Gasteiger partial charge is 0.324 e. The maximum atomic E-state index is 12.9. The van der Waals surface area contributed by atoms with Gasteiger partial charge in [-0.25, -0.2) is 0 Å². The van der Waals surface area contributed by atoms with Crippen molar-refractivity contribution >= 4 is 11.6 Å². The lowest BCUT2D eigenvalue weighted by Crippen LogP contribution is -2.36. The van der Waals surface area contributed by atoms with Gasteiger partial charge in [-0.15, -0.1) is 0 Å². The van der Waals surface area contributed by atoms with Crippen LogP contribution < -0.4 is 10.6 Å². The van der Waals surface area contributed by atoms with Crippen molar-refractivity contribution in [2.45, 2.75) is 57.2 Å². The van der Waals surface area contributed by atoms with E-state index in [2.05, 4.69) is 10.6 Å². The van der Waals surface area contributed by atoms with Gasteiger partial charge in [0.25, 0.3) is 0 Å². The molecule has 1 aromatic carbocycles. The second-order valence-electron chi connectivity index (χ2n) is 6.01. The number of para-hydroxylation sites is 1. The molecule has 0 radical (unpaired) electrons. The Kier molecular flexibility index (Phi) is 6.45. The molecule has 6 heteroatoms. The second-order valence-corrected chi connectivity index (χ2v) is 6.01. The molecule has 3 nitrogen and oxygen atoms in total. The van der Waals surface area contributed by atoms with Gasteiger partial charge >= 0.3 is 6.18 Å². The molecule has 0 aromatic heterocycles. The van der Waals surface area contributed by atoms with Gasteiger partial charge in [0, 0.05) is 6.04 Å². The number of hydrogen-bond acceptors (Lipinski definition) is 2. The topological polar surface area (TPSA) is 41.1 Å². The molecular formula is C17H23F3N2O. The highest BCUT2D eigenvalue weighted by Gasteiger charge is 2.33. The number of anilines is 1.